The smallest absolute Gasteiger partial charge is 0.242 e. The van der Waals surface area contributed by atoms with Crippen molar-refractivity contribution in [1.29, 1.82) is 0 Å². The second-order valence-corrected chi connectivity index (χ2v) is 5.83. The second kappa shape index (κ2) is 6.17. The van der Waals surface area contributed by atoms with Crippen LogP contribution in [0.25, 0.3) is 0 Å². The Morgan fingerprint density at radius 2 is 2.14 bits per heavy atom. The van der Waals surface area contributed by atoms with Crippen molar-refractivity contribution >= 4 is 18.3 Å². The Bertz CT molecular complexity index is 556. The van der Waals surface area contributed by atoms with Crippen LogP contribution < -0.4 is 10.7 Å². The van der Waals surface area contributed by atoms with E-state index in [0.29, 0.717) is 19.0 Å². The number of aliphatic hydroxyl groups is 1. The molecule has 0 radical (unpaired) electrons. The lowest BCUT2D eigenvalue weighted by Crippen LogP contribution is -2.39. The van der Waals surface area contributed by atoms with Crippen LogP contribution in [0, 0.1) is 11.3 Å². The molecule has 116 valence electrons. The molecule has 3 rings (SSSR count). The van der Waals surface area contributed by atoms with Crippen molar-refractivity contribution in [2.75, 3.05) is 32.8 Å². The van der Waals surface area contributed by atoms with Gasteiger partial charge in [0, 0.05) is 56.1 Å². The van der Waals surface area contributed by atoms with Crippen molar-refractivity contribution in [3.05, 3.63) is 34.7 Å². The van der Waals surface area contributed by atoms with Gasteiger partial charge in [-0.3, -0.25) is 9.59 Å². The van der Waals surface area contributed by atoms with E-state index < -0.39 is 0 Å². The summed E-state index contributed by atoms with van der Waals surface area (Å²) in [5.74, 6) is 0.376. The second-order valence-electron chi connectivity index (χ2n) is 5.83. The van der Waals surface area contributed by atoms with E-state index >= 15 is 0 Å². The van der Waals surface area contributed by atoms with E-state index in [2.05, 4.69) is 5.32 Å². The molecule has 1 amide bonds. The summed E-state index contributed by atoms with van der Waals surface area (Å²) in [5.41, 5.74) is -0.228. The van der Waals surface area contributed by atoms with Crippen LogP contribution in [0.1, 0.15) is 0 Å². The molecular formula is C14H20ClN3O3. The number of carbonyl (C=O) groups is 1. The summed E-state index contributed by atoms with van der Waals surface area (Å²) in [6.45, 7) is 3.31. The summed E-state index contributed by atoms with van der Waals surface area (Å²) in [5, 5.41) is 12.9. The third-order valence-electron chi connectivity index (χ3n) is 4.53. The Hall–Kier alpha value is -1.37. The third kappa shape index (κ3) is 2.97. The average Bonchev–Trinajstić information content (AvgIpc) is 2.98. The first kappa shape index (κ1) is 16.0. The maximum absolute atomic E-state index is 12.3. The SMILES string of the molecule is Cl.O=C(Cn1ccc(=O)cc1)N1CC2CNCC2(CO)C1. The summed E-state index contributed by atoms with van der Waals surface area (Å²) in [4.78, 5) is 25.2. The fourth-order valence-electron chi connectivity index (χ4n) is 3.24. The Morgan fingerprint density at radius 1 is 1.43 bits per heavy atom. The van der Waals surface area contributed by atoms with E-state index in [9.17, 15) is 14.7 Å². The van der Waals surface area contributed by atoms with Gasteiger partial charge >= 0.3 is 0 Å². The number of nitrogens with zero attached hydrogens (tertiary/aromatic N) is 2. The topological polar surface area (TPSA) is 74.6 Å². The molecule has 7 heteroatoms. The first-order chi connectivity index (χ1) is 9.63. The van der Waals surface area contributed by atoms with E-state index in [0.717, 1.165) is 13.1 Å². The zero-order valence-corrected chi connectivity index (χ0v) is 12.5. The van der Waals surface area contributed by atoms with Gasteiger partial charge in [-0.25, -0.2) is 0 Å². The predicted molar refractivity (Wildman–Crippen MR) is 80.4 cm³/mol. The summed E-state index contributed by atoms with van der Waals surface area (Å²) in [6.07, 6.45) is 3.25. The minimum absolute atomic E-state index is 0. The largest absolute Gasteiger partial charge is 0.396 e. The highest BCUT2D eigenvalue weighted by Gasteiger charge is 2.50. The molecule has 1 aromatic rings. The number of carbonyl (C=O) groups excluding carboxylic acids is 1. The van der Waals surface area contributed by atoms with Gasteiger partial charge in [-0.05, 0) is 5.92 Å². The summed E-state index contributed by atoms with van der Waals surface area (Å²) >= 11 is 0. The summed E-state index contributed by atoms with van der Waals surface area (Å²) < 4.78 is 1.71. The Kier molecular flexibility index (Phi) is 4.70. The molecule has 0 saturated carbocycles. The lowest BCUT2D eigenvalue weighted by molar-refractivity contribution is -0.131. The number of aromatic nitrogens is 1. The van der Waals surface area contributed by atoms with Crippen LogP contribution in [0.2, 0.25) is 0 Å². The van der Waals surface area contributed by atoms with E-state index in [1.165, 1.54) is 12.1 Å². The molecular weight excluding hydrogens is 294 g/mol. The lowest BCUT2D eigenvalue weighted by Gasteiger charge is -2.25. The number of fused-ring (bicyclic) bond motifs is 1. The molecule has 0 bridgehead atoms. The number of hydrogen-bond acceptors (Lipinski definition) is 4. The number of likely N-dealkylation sites (tertiary alicyclic amines) is 1. The molecule has 6 nitrogen and oxygen atoms in total. The van der Waals surface area contributed by atoms with Crippen LogP contribution in [-0.2, 0) is 11.3 Å². The maximum atomic E-state index is 12.3. The van der Waals surface area contributed by atoms with Crippen LogP contribution in [0.15, 0.2) is 29.3 Å². The minimum Gasteiger partial charge on any atom is -0.396 e. The molecule has 0 aliphatic carbocycles. The summed E-state index contributed by atoms with van der Waals surface area (Å²) in [7, 11) is 0. The van der Waals surface area contributed by atoms with Crippen molar-refractivity contribution in [3.8, 4) is 0 Å². The highest BCUT2D eigenvalue weighted by molar-refractivity contribution is 5.85. The van der Waals surface area contributed by atoms with E-state index in [4.69, 9.17) is 0 Å². The molecule has 3 heterocycles. The van der Waals surface area contributed by atoms with Crippen LogP contribution >= 0.6 is 12.4 Å². The zero-order chi connectivity index (χ0) is 14.2. The molecule has 21 heavy (non-hydrogen) atoms. The predicted octanol–water partition coefficient (Wildman–Crippen LogP) is -0.690. The maximum Gasteiger partial charge on any atom is 0.242 e. The monoisotopic (exact) mass is 313 g/mol. The van der Waals surface area contributed by atoms with Gasteiger partial charge in [0.2, 0.25) is 5.91 Å². The molecule has 0 spiro atoms. The Balaban J connectivity index is 0.00000161. The van der Waals surface area contributed by atoms with Crippen LogP contribution in [0.3, 0.4) is 0 Å². The number of rotatable bonds is 3. The van der Waals surface area contributed by atoms with Crippen molar-refractivity contribution < 1.29 is 9.90 Å². The van der Waals surface area contributed by atoms with Gasteiger partial charge in [0.25, 0.3) is 0 Å². The van der Waals surface area contributed by atoms with E-state index in [1.807, 2.05) is 4.90 Å². The molecule has 2 saturated heterocycles. The number of pyridine rings is 1. The van der Waals surface area contributed by atoms with Gasteiger partial charge in [0.15, 0.2) is 5.43 Å². The third-order valence-corrected chi connectivity index (χ3v) is 4.53. The van der Waals surface area contributed by atoms with Crippen molar-refractivity contribution in [2.45, 2.75) is 6.54 Å². The van der Waals surface area contributed by atoms with Crippen molar-refractivity contribution in [2.24, 2.45) is 11.3 Å². The van der Waals surface area contributed by atoms with Gasteiger partial charge in [0.1, 0.15) is 6.54 Å². The quantitative estimate of drug-likeness (QED) is 0.775. The molecule has 2 atom stereocenters. The number of aliphatic hydroxyl groups excluding tert-OH is 1. The number of hydrogen-bond donors (Lipinski definition) is 2. The van der Waals surface area contributed by atoms with E-state index in [-0.39, 0.29) is 42.3 Å². The molecule has 1 aromatic heterocycles. The summed E-state index contributed by atoms with van der Waals surface area (Å²) in [6, 6.07) is 2.90. The molecule has 2 fully saturated rings. The fourth-order valence-corrected chi connectivity index (χ4v) is 3.24. The van der Waals surface area contributed by atoms with E-state index in [1.54, 1.807) is 17.0 Å². The van der Waals surface area contributed by atoms with Gasteiger partial charge in [-0.2, -0.15) is 0 Å². The van der Waals surface area contributed by atoms with Crippen LogP contribution in [-0.4, -0.2) is 53.3 Å². The van der Waals surface area contributed by atoms with Crippen LogP contribution in [0.5, 0.6) is 0 Å². The van der Waals surface area contributed by atoms with Gasteiger partial charge < -0.3 is 19.9 Å². The molecule has 0 aromatic carbocycles. The number of halogens is 1. The minimum atomic E-state index is -0.167. The normalized spacial score (nSPS) is 27.3. The molecule has 2 unspecified atom stereocenters. The number of amides is 1. The molecule has 2 aliphatic rings. The van der Waals surface area contributed by atoms with Gasteiger partial charge in [-0.1, -0.05) is 0 Å². The van der Waals surface area contributed by atoms with Gasteiger partial charge in [-0.15, -0.1) is 12.4 Å². The van der Waals surface area contributed by atoms with Crippen molar-refractivity contribution in [1.82, 2.24) is 14.8 Å². The zero-order valence-electron chi connectivity index (χ0n) is 11.7. The first-order valence-electron chi connectivity index (χ1n) is 6.88. The Labute approximate surface area is 129 Å². The van der Waals surface area contributed by atoms with Crippen LogP contribution in [0.4, 0.5) is 0 Å². The van der Waals surface area contributed by atoms with Crippen molar-refractivity contribution in [3.63, 3.8) is 0 Å². The Morgan fingerprint density at radius 3 is 2.76 bits per heavy atom. The average molecular weight is 314 g/mol. The standard InChI is InChI=1S/C14H19N3O3.ClH/c18-10-14-8-15-5-11(14)6-17(9-14)13(20)7-16-3-1-12(19)2-4-16;/h1-4,11,15,18H,5-10H2;1H. The molecule has 2 aliphatic heterocycles. The molecule has 2 N–H and O–H groups in total. The highest BCUT2D eigenvalue weighted by Crippen LogP contribution is 2.38. The fraction of sp³-hybridized carbons (Fsp3) is 0.571. The number of nitrogens with one attached hydrogen (secondary N) is 1. The lowest BCUT2D eigenvalue weighted by atomic mass is 9.82. The van der Waals surface area contributed by atoms with Gasteiger partial charge in [0.05, 0.1) is 6.61 Å². The first-order valence-corrected chi connectivity index (χ1v) is 6.88. The highest BCUT2D eigenvalue weighted by atomic mass is 35.5.